The van der Waals surface area contributed by atoms with Crippen LogP contribution in [-0.4, -0.2) is 33.4 Å². The molecule has 6 nitrogen and oxygen atoms in total. The normalized spacial score (nSPS) is 17.8. The fourth-order valence-electron chi connectivity index (χ4n) is 2.60. The summed E-state index contributed by atoms with van der Waals surface area (Å²) in [4.78, 5) is 0. The van der Waals surface area contributed by atoms with Gasteiger partial charge in [-0.15, -0.1) is 5.10 Å². The molecule has 0 radical (unpaired) electrons. The zero-order valence-electron chi connectivity index (χ0n) is 11.9. The molecule has 3 rings (SSSR count). The Morgan fingerprint density at radius 1 is 1.38 bits per heavy atom. The van der Waals surface area contributed by atoms with E-state index in [4.69, 9.17) is 22.1 Å². The van der Waals surface area contributed by atoms with Crippen LogP contribution in [0.25, 0.3) is 11.4 Å². The molecule has 0 atom stereocenters. The highest BCUT2D eigenvalue weighted by Gasteiger charge is 2.29. The summed E-state index contributed by atoms with van der Waals surface area (Å²) in [5.41, 5.74) is 7.38. The quantitative estimate of drug-likeness (QED) is 0.881. The van der Waals surface area contributed by atoms with Gasteiger partial charge in [0.15, 0.2) is 5.82 Å². The van der Waals surface area contributed by atoms with Crippen molar-refractivity contribution in [3.63, 3.8) is 0 Å². The predicted molar refractivity (Wildman–Crippen MR) is 80.8 cm³/mol. The first kappa shape index (κ1) is 14.3. The van der Waals surface area contributed by atoms with Gasteiger partial charge in [-0.3, -0.25) is 0 Å². The van der Waals surface area contributed by atoms with E-state index in [2.05, 4.69) is 22.4 Å². The van der Waals surface area contributed by atoms with Crippen molar-refractivity contribution in [2.75, 3.05) is 18.9 Å². The maximum Gasteiger partial charge on any atom is 0.183 e. The van der Waals surface area contributed by atoms with Crippen molar-refractivity contribution >= 4 is 17.3 Å². The molecular weight excluding hydrogens is 290 g/mol. The summed E-state index contributed by atoms with van der Waals surface area (Å²) >= 11 is 6.25. The largest absolute Gasteiger partial charge is 0.399 e. The SMILES string of the molecule is CC1(Cn2nnnc2-c2cc(N)ccc2Cl)CCOCC1. The summed E-state index contributed by atoms with van der Waals surface area (Å²) in [5, 5.41) is 12.6. The van der Waals surface area contributed by atoms with Gasteiger partial charge in [0.2, 0.25) is 0 Å². The number of halogens is 1. The predicted octanol–water partition coefficient (Wildman–Crippen LogP) is 2.39. The maximum atomic E-state index is 6.25. The molecule has 1 aromatic carbocycles. The summed E-state index contributed by atoms with van der Waals surface area (Å²) in [6, 6.07) is 5.33. The van der Waals surface area contributed by atoms with Crippen LogP contribution < -0.4 is 5.73 Å². The van der Waals surface area contributed by atoms with Crippen molar-refractivity contribution < 1.29 is 4.74 Å². The summed E-state index contributed by atoms with van der Waals surface area (Å²) in [6.07, 6.45) is 1.99. The van der Waals surface area contributed by atoms with Crippen LogP contribution in [0, 0.1) is 5.41 Å². The van der Waals surface area contributed by atoms with Crippen LogP contribution in [0.5, 0.6) is 0 Å². The lowest BCUT2D eigenvalue weighted by Crippen LogP contribution is -2.31. The Morgan fingerprint density at radius 3 is 2.90 bits per heavy atom. The number of aromatic nitrogens is 4. The molecule has 1 aliphatic rings. The zero-order chi connectivity index (χ0) is 14.9. The monoisotopic (exact) mass is 307 g/mol. The van der Waals surface area contributed by atoms with Crippen LogP contribution in [0.1, 0.15) is 19.8 Å². The first-order valence-electron chi connectivity index (χ1n) is 6.97. The fourth-order valence-corrected chi connectivity index (χ4v) is 2.80. The van der Waals surface area contributed by atoms with Gasteiger partial charge in [-0.1, -0.05) is 18.5 Å². The summed E-state index contributed by atoms with van der Waals surface area (Å²) in [6.45, 7) is 4.55. The molecule has 0 saturated carbocycles. The van der Waals surface area contributed by atoms with Gasteiger partial charge in [0, 0.05) is 24.5 Å². The number of nitrogens with zero attached hydrogens (tertiary/aromatic N) is 4. The van der Waals surface area contributed by atoms with Gasteiger partial charge in [-0.25, -0.2) is 4.68 Å². The molecular formula is C14H18ClN5O. The van der Waals surface area contributed by atoms with Gasteiger partial charge >= 0.3 is 0 Å². The summed E-state index contributed by atoms with van der Waals surface area (Å²) in [7, 11) is 0. The van der Waals surface area contributed by atoms with E-state index < -0.39 is 0 Å². The molecule has 1 aromatic heterocycles. The van der Waals surface area contributed by atoms with Crippen LogP contribution in [0.15, 0.2) is 18.2 Å². The molecule has 7 heteroatoms. The molecule has 2 heterocycles. The number of tetrazole rings is 1. The van der Waals surface area contributed by atoms with Gasteiger partial charge in [-0.05, 0) is 46.9 Å². The summed E-state index contributed by atoms with van der Waals surface area (Å²) in [5.74, 6) is 0.653. The van der Waals surface area contributed by atoms with E-state index in [0.29, 0.717) is 16.5 Å². The van der Waals surface area contributed by atoms with Crippen LogP contribution in [0.4, 0.5) is 5.69 Å². The minimum atomic E-state index is 0.134. The van der Waals surface area contributed by atoms with E-state index in [9.17, 15) is 0 Å². The van der Waals surface area contributed by atoms with Crippen LogP contribution in [-0.2, 0) is 11.3 Å². The Labute approximate surface area is 128 Å². The molecule has 0 unspecified atom stereocenters. The number of nitrogens with two attached hydrogens (primary N) is 1. The average molecular weight is 308 g/mol. The van der Waals surface area contributed by atoms with Gasteiger partial charge in [0.05, 0.1) is 11.6 Å². The lowest BCUT2D eigenvalue weighted by atomic mass is 9.82. The Hall–Kier alpha value is -1.66. The van der Waals surface area contributed by atoms with Gasteiger partial charge in [-0.2, -0.15) is 0 Å². The first-order chi connectivity index (χ1) is 10.1. The van der Waals surface area contributed by atoms with E-state index in [1.165, 1.54) is 0 Å². The van der Waals surface area contributed by atoms with Crippen molar-refractivity contribution in [1.82, 2.24) is 20.2 Å². The minimum absolute atomic E-state index is 0.134. The molecule has 0 bridgehead atoms. The van der Waals surface area contributed by atoms with Crippen LogP contribution in [0.3, 0.4) is 0 Å². The molecule has 2 aromatic rings. The van der Waals surface area contributed by atoms with Crippen molar-refractivity contribution in [3.8, 4) is 11.4 Å². The fraction of sp³-hybridized carbons (Fsp3) is 0.500. The molecule has 1 saturated heterocycles. The van der Waals surface area contributed by atoms with E-state index in [1.807, 2.05) is 4.68 Å². The van der Waals surface area contributed by atoms with Crippen molar-refractivity contribution in [2.24, 2.45) is 5.41 Å². The first-order valence-corrected chi connectivity index (χ1v) is 7.35. The molecule has 21 heavy (non-hydrogen) atoms. The third-order valence-corrected chi connectivity index (χ3v) is 4.32. The zero-order valence-corrected chi connectivity index (χ0v) is 12.7. The third-order valence-electron chi connectivity index (χ3n) is 3.99. The summed E-state index contributed by atoms with van der Waals surface area (Å²) < 4.78 is 7.25. The number of nitrogen functional groups attached to an aromatic ring is 1. The van der Waals surface area contributed by atoms with Crippen LogP contribution in [0.2, 0.25) is 5.02 Å². The average Bonchev–Trinajstić information content (AvgIpc) is 2.89. The smallest absolute Gasteiger partial charge is 0.183 e. The molecule has 1 aliphatic heterocycles. The minimum Gasteiger partial charge on any atom is -0.399 e. The number of ether oxygens (including phenoxy) is 1. The standard InChI is InChI=1S/C14H18ClN5O/c1-14(4-6-21-7-5-14)9-20-13(17-18-19-20)11-8-10(16)2-3-12(11)15/h2-3,8H,4-7,9,16H2,1H3. The van der Waals surface area contributed by atoms with Crippen molar-refractivity contribution in [3.05, 3.63) is 23.2 Å². The Bertz CT molecular complexity index is 636. The lowest BCUT2D eigenvalue weighted by Gasteiger charge is -2.33. The third kappa shape index (κ3) is 3.01. The lowest BCUT2D eigenvalue weighted by molar-refractivity contribution is 0.0138. The highest BCUT2D eigenvalue weighted by atomic mass is 35.5. The van der Waals surface area contributed by atoms with Crippen molar-refractivity contribution in [1.29, 1.82) is 0 Å². The molecule has 0 amide bonds. The second kappa shape index (κ2) is 5.61. The maximum absolute atomic E-state index is 6.25. The Morgan fingerprint density at radius 2 is 2.14 bits per heavy atom. The van der Waals surface area contributed by atoms with Gasteiger partial charge < -0.3 is 10.5 Å². The van der Waals surface area contributed by atoms with Gasteiger partial charge in [0.1, 0.15) is 0 Å². The molecule has 2 N–H and O–H groups in total. The second-order valence-electron chi connectivity index (χ2n) is 5.82. The molecule has 1 fully saturated rings. The molecule has 112 valence electrons. The number of rotatable bonds is 3. The highest BCUT2D eigenvalue weighted by molar-refractivity contribution is 6.33. The van der Waals surface area contributed by atoms with Gasteiger partial charge in [0.25, 0.3) is 0 Å². The Kier molecular flexibility index (Phi) is 3.82. The number of hydrogen-bond donors (Lipinski definition) is 1. The number of anilines is 1. The topological polar surface area (TPSA) is 78.9 Å². The van der Waals surface area contributed by atoms with Crippen LogP contribution >= 0.6 is 11.6 Å². The molecule has 0 aliphatic carbocycles. The highest BCUT2D eigenvalue weighted by Crippen LogP contribution is 2.34. The second-order valence-corrected chi connectivity index (χ2v) is 6.23. The van der Waals surface area contributed by atoms with E-state index in [0.717, 1.165) is 38.2 Å². The van der Waals surface area contributed by atoms with Crippen molar-refractivity contribution in [2.45, 2.75) is 26.3 Å². The molecule has 0 spiro atoms. The number of benzene rings is 1. The van der Waals surface area contributed by atoms with E-state index in [1.54, 1.807) is 18.2 Å². The Balaban J connectivity index is 1.92. The van der Waals surface area contributed by atoms with E-state index in [-0.39, 0.29) is 5.41 Å². The number of hydrogen-bond acceptors (Lipinski definition) is 5. The van der Waals surface area contributed by atoms with E-state index >= 15 is 0 Å².